The van der Waals surface area contributed by atoms with E-state index in [0.717, 1.165) is 22.5 Å². The third-order valence-electron chi connectivity index (χ3n) is 4.36. The van der Waals surface area contributed by atoms with Gasteiger partial charge in [-0.1, -0.05) is 12.1 Å². The van der Waals surface area contributed by atoms with Gasteiger partial charge in [0.25, 0.3) is 0 Å². The molecule has 2 aromatic heterocycles. The predicted molar refractivity (Wildman–Crippen MR) is 104 cm³/mol. The maximum atomic E-state index is 14.7. The molecule has 2 N–H and O–H groups in total. The van der Waals surface area contributed by atoms with E-state index < -0.39 is 0 Å². The molecule has 0 bridgehead atoms. The summed E-state index contributed by atoms with van der Waals surface area (Å²) in [4.78, 5) is 12.0. The van der Waals surface area contributed by atoms with E-state index in [-0.39, 0.29) is 5.82 Å². The van der Waals surface area contributed by atoms with Crippen LogP contribution < -0.4 is 10.1 Å². The molecule has 0 aliphatic rings. The van der Waals surface area contributed by atoms with Crippen molar-refractivity contribution in [2.24, 2.45) is 0 Å². The van der Waals surface area contributed by atoms with Crippen molar-refractivity contribution in [2.45, 2.75) is 13.3 Å². The van der Waals surface area contributed by atoms with Crippen molar-refractivity contribution in [1.29, 1.82) is 0 Å². The second-order valence-electron chi connectivity index (χ2n) is 6.35. The average molecular weight is 362 g/mol. The Labute approximate surface area is 156 Å². The van der Waals surface area contributed by atoms with Gasteiger partial charge in [0.05, 0.1) is 12.8 Å². The molecule has 0 atom stereocenters. The molecule has 27 heavy (non-hydrogen) atoms. The number of H-pyrrole nitrogens is 1. The number of methoxy groups -OCH3 is 1. The summed E-state index contributed by atoms with van der Waals surface area (Å²) < 4.78 is 19.9. The quantitative estimate of drug-likeness (QED) is 0.538. The van der Waals surface area contributed by atoms with Crippen LogP contribution in [-0.4, -0.2) is 22.1 Å². The first kappa shape index (κ1) is 17.0. The monoisotopic (exact) mass is 362 g/mol. The molecule has 0 saturated heterocycles. The Morgan fingerprint density at radius 1 is 1.11 bits per heavy atom. The fourth-order valence-electron chi connectivity index (χ4n) is 3.02. The zero-order valence-electron chi connectivity index (χ0n) is 15.1. The van der Waals surface area contributed by atoms with Gasteiger partial charge >= 0.3 is 0 Å². The van der Waals surface area contributed by atoms with Crippen LogP contribution in [0.5, 0.6) is 5.75 Å². The Kier molecular flexibility index (Phi) is 4.46. The van der Waals surface area contributed by atoms with Crippen LogP contribution in [0.1, 0.15) is 17.1 Å². The standard InChI is InChI=1S/C21H19FN4O/c1-13-11-16-17(24-13)7-8-18(21(16)22)25-19-9-10-23-20(26-19)12-14-3-5-15(27-2)6-4-14/h3-11,24H,12H2,1-2H3,(H,23,25,26). The van der Waals surface area contributed by atoms with Gasteiger partial charge in [-0.15, -0.1) is 0 Å². The molecule has 6 heteroatoms. The first-order chi connectivity index (χ1) is 13.1. The third-order valence-corrected chi connectivity index (χ3v) is 4.36. The summed E-state index contributed by atoms with van der Waals surface area (Å²) in [7, 11) is 1.64. The number of benzene rings is 2. The molecule has 4 rings (SSSR count). The van der Waals surface area contributed by atoms with Crippen molar-refractivity contribution in [3.63, 3.8) is 0 Å². The number of aromatic nitrogens is 3. The molecule has 136 valence electrons. The van der Waals surface area contributed by atoms with Crippen LogP contribution in [0.25, 0.3) is 10.9 Å². The highest BCUT2D eigenvalue weighted by Gasteiger charge is 2.10. The van der Waals surface area contributed by atoms with E-state index in [1.807, 2.05) is 37.3 Å². The number of fused-ring (bicyclic) bond motifs is 1. The molecule has 0 fully saturated rings. The van der Waals surface area contributed by atoms with Gasteiger partial charge in [0.1, 0.15) is 17.4 Å². The fourth-order valence-corrected chi connectivity index (χ4v) is 3.02. The van der Waals surface area contributed by atoms with E-state index >= 15 is 0 Å². The van der Waals surface area contributed by atoms with Gasteiger partial charge in [0.15, 0.2) is 5.82 Å². The van der Waals surface area contributed by atoms with E-state index in [4.69, 9.17) is 4.74 Å². The summed E-state index contributed by atoms with van der Waals surface area (Å²) in [5, 5.41) is 3.62. The van der Waals surface area contributed by atoms with Gasteiger partial charge in [-0.05, 0) is 48.9 Å². The maximum Gasteiger partial charge on any atom is 0.156 e. The highest BCUT2D eigenvalue weighted by atomic mass is 19.1. The number of rotatable bonds is 5. The van der Waals surface area contributed by atoms with E-state index in [9.17, 15) is 4.39 Å². The maximum absolute atomic E-state index is 14.7. The van der Waals surface area contributed by atoms with Gasteiger partial charge in [0.2, 0.25) is 0 Å². The number of halogens is 1. The largest absolute Gasteiger partial charge is 0.497 e. The van der Waals surface area contributed by atoms with Crippen LogP contribution in [0.15, 0.2) is 54.7 Å². The predicted octanol–water partition coefficient (Wildman–Crippen LogP) is 4.75. The zero-order chi connectivity index (χ0) is 18.8. The fraction of sp³-hybridized carbons (Fsp3) is 0.143. The summed E-state index contributed by atoms with van der Waals surface area (Å²) in [6.07, 6.45) is 2.25. The first-order valence-corrected chi connectivity index (χ1v) is 8.62. The van der Waals surface area contributed by atoms with Gasteiger partial charge in [0, 0.05) is 29.2 Å². The van der Waals surface area contributed by atoms with Crippen molar-refractivity contribution in [2.75, 3.05) is 12.4 Å². The first-order valence-electron chi connectivity index (χ1n) is 8.62. The Bertz CT molecular complexity index is 1090. The SMILES string of the molecule is COc1ccc(Cc2nccc(Nc3ccc4[nH]c(C)cc4c3F)n2)cc1. The molecule has 0 radical (unpaired) electrons. The summed E-state index contributed by atoms with van der Waals surface area (Å²) in [5.74, 6) is 1.72. The number of aromatic amines is 1. The van der Waals surface area contributed by atoms with Crippen LogP contribution in [0.4, 0.5) is 15.9 Å². The molecule has 0 aliphatic heterocycles. The minimum Gasteiger partial charge on any atom is -0.497 e. The second kappa shape index (κ2) is 7.07. The van der Waals surface area contributed by atoms with Gasteiger partial charge in [-0.25, -0.2) is 14.4 Å². The number of hydrogen-bond donors (Lipinski definition) is 2. The summed E-state index contributed by atoms with van der Waals surface area (Å²) in [5.41, 5.74) is 3.15. The summed E-state index contributed by atoms with van der Waals surface area (Å²) in [6.45, 7) is 1.91. The van der Waals surface area contributed by atoms with Crippen molar-refractivity contribution in [3.05, 3.63) is 77.6 Å². The number of aryl methyl sites for hydroxylation is 1. The number of hydrogen-bond acceptors (Lipinski definition) is 4. The number of nitrogens with zero attached hydrogens (tertiary/aromatic N) is 2. The van der Waals surface area contributed by atoms with Gasteiger partial charge < -0.3 is 15.0 Å². The number of anilines is 2. The van der Waals surface area contributed by atoms with Crippen LogP contribution in [-0.2, 0) is 6.42 Å². The molecule has 0 amide bonds. The van der Waals surface area contributed by atoms with Gasteiger partial charge in [-0.3, -0.25) is 0 Å². The van der Waals surface area contributed by atoms with Crippen LogP contribution in [0.2, 0.25) is 0 Å². The van der Waals surface area contributed by atoms with Crippen LogP contribution in [0, 0.1) is 12.7 Å². The lowest BCUT2D eigenvalue weighted by molar-refractivity contribution is 0.414. The lowest BCUT2D eigenvalue weighted by Crippen LogP contribution is -2.02. The van der Waals surface area contributed by atoms with Crippen LogP contribution in [0.3, 0.4) is 0 Å². The Morgan fingerprint density at radius 3 is 2.70 bits per heavy atom. The Morgan fingerprint density at radius 2 is 1.93 bits per heavy atom. The van der Waals surface area contributed by atoms with E-state index in [0.29, 0.717) is 29.1 Å². The molecular formula is C21H19FN4O. The summed E-state index contributed by atoms with van der Waals surface area (Å²) >= 11 is 0. The minimum atomic E-state index is -0.299. The number of nitrogens with one attached hydrogen (secondary N) is 2. The smallest absolute Gasteiger partial charge is 0.156 e. The minimum absolute atomic E-state index is 0.299. The lowest BCUT2D eigenvalue weighted by Gasteiger charge is -2.09. The van der Waals surface area contributed by atoms with Crippen molar-refractivity contribution in [1.82, 2.24) is 15.0 Å². The van der Waals surface area contributed by atoms with Crippen molar-refractivity contribution in [3.8, 4) is 5.75 Å². The van der Waals surface area contributed by atoms with E-state index in [1.54, 1.807) is 31.5 Å². The Balaban J connectivity index is 1.56. The van der Waals surface area contributed by atoms with Crippen LogP contribution >= 0.6 is 0 Å². The normalized spacial score (nSPS) is 10.9. The van der Waals surface area contributed by atoms with Crippen molar-refractivity contribution >= 4 is 22.4 Å². The molecular weight excluding hydrogens is 343 g/mol. The number of ether oxygens (including phenoxy) is 1. The molecule has 2 aromatic carbocycles. The third kappa shape index (κ3) is 3.60. The highest BCUT2D eigenvalue weighted by Crippen LogP contribution is 2.27. The molecule has 0 spiro atoms. The lowest BCUT2D eigenvalue weighted by atomic mass is 10.1. The van der Waals surface area contributed by atoms with E-state index in [1.165, 1.54) is 0 Å². The molecule has 0 unspecified atom stereocenters. The molecule has 2 heterocycles. The Hall–Kier alpha value is -3.41. The topological polar surface area (TPSA) is 62.8 Å². The average Bonchev–Trinajstić information content (AvgIpc) is 3.06. The van der Waals surface area contributed by atoms with E-state index in [2.05, 4.69) is 20.3 Å². The second-order valence-corrected chi connectivity index (χ2v) is 6.35. The summed E-state index contributed by atoms with van der Waals surface area (Å²) in [6, 6.07) is 14.8. The molecule has 4 aromatic rings. The molecule has 5 nitrogen and oxygen atoms in total. The van der Waals surface area contributed by atoms with Gasteiger partial charge in [-0.2, -0.15) is 0 Å². The molecule has 0 aliphatic carbocycles. The highest BCUT2D eigenvalue weighted by molar-refractivity contribution is 5.85. The zero-order valence-corrected chi connectivity index (χ0v) is 15.1. The molecule has 0 saturated carbocycles. The van der Waals surface area contributed by atoms with Crippen molar-refractivity contribution < 1.29 is 9.13 Å².